The van der Waals surface area contributed by atoms with E-state index in [0.717, 1.165) is 11.6 Å². The van der Waals surface area contributed by atoms with E-state index in [1.807, 2.05) is 0 Å². The van der Waals surface area contributed by atoms with Crippen molar-refractivity contribution in [3.05, 3.63) is 70.5 Å². The maximum Gasteiger partial charge on any atom is 0.416 e. The Balaban J connectivity index is 1.73. The number of piperidine rings is 1. The van der Waals surface area contributed by atoms with Gasteiger partial charge < -0.3 is 4.90 Å². The summed E-state index contributed by atoms with van der Waals surface area (Å²) in [5, 5.41) is 0. The molecule has 0 saturated carbocycles. The van der Waals surface area contributed by atoms with Crippen molar-refractivity contribution < 1.29 is 22.4 Å². The summed E-state index contributed by atoms with van der Waals surface area (Å²) in [6.07, 6.45) is -3.55. The average Bonchev–Trinajstić information content (AvgIpc) is 2.61. The lowest BCUT2D eigenvalue weighted by atomic mass is 9.86. The Hall–Kier alpha value is -2.37. The van der Waals surface area contributed by atoms with E-state index in [1.54, 1.807) is 19.1 Å². The van der Waals surface area contributed by atoms with Gasteiger partial charge in [-0.1, -0.05) is 24.3 Å². The predicted octanol–water partition coefficient (Wildman–Crippen LogP) is 5.17. The van der Waals surface area contributed by atoms with Crippen LogP contribution in [0.5, 0.6) is 0 Å². The zero-order chi connectivity index (χ0) is 18.9. The molecule has 2 nitrogen and oxygen atoms in total. The van der Waals surface area contributed by atoms with Crippen molar-refractivity contribution in [3.8, 4) is 0 Å². The van der Waals surface area contributed by atoms with Crippen LogP contribution in [0.25, 0.3) is 0 Å². The van der Waals surface area contributed by atoms with Crippen molar-refractivity contribution in [2.75, 3.05) is 13.1 Å². The number of carbonyl (C=O) groups excluding carboxylic acids is 1. The third kappa shape index (κ3) is 3.74. The van der Waals surface area contributed by atoms with Gasteiger partial charge in [0.2, 0.25) is 0 Å². The first-order valence-corrected chi connectivity index (χ1v) is 8.49. The van der Waals surface area contributed by atoms with Gasteiger partial charge in [-0.15, -0.1) is 0 Å². The largest absolute Gasteiger partial charge is 0.416 e. The number of likely N-dealkylation sites (tertiary alicyclic amines) is 1. The highest BCUT2D eigenvalue weighted by Crippen LogP contribution is 2.38. The summed E-state index contributed by atoms with van der Waals surface area (Å²) in [6.45, 7) is 2.35. The Kier molecular flexibility index (Phi) is 5.03. The van der Waals surface area contributed by atoms with Gasteiger partial charge in [0.25, 0.3) is 5.91 Å². The molecule has 1 fully saturated rings. The Labute approximate surface area is 149 Å². The fraction of sp³-hybridized carbons (Fsp3) is 0.350. The highest BCUT2D eigenvalue weighted by Gasteiger charge is 2.36. The topological polar surface area (TPSA) is 20.3 Å². The molecule has 1 aliphatic rings. The number of benzene rings is 2. The lowest BCUT2D eigenvalue weighted by Gasteiger charge is -2.33. The molecule has 0 bridgehead atoms. The molecule has 0 unspecified atom stereocenters. The highest BCUT2D eigenvalue weighted by molar-refractivity contribution is 5.94. The number of halogens is 4. The van der Waals surface area contributed by atoms with Crippen molar-refractivity contribution in [2.45, 2.75) is 31.9 Å². The Bertz CT molecular complexity index is 808. The molecule has 0 N–H and O–H groups in total. The number of amides is 1. The van der Waals surface area contributed by atoms with Gasteiger partial charge in [-0.25, -0.2) is 4.39 Å². The summed E-state index contributed by atoms with van der Waals surface area (Å²) in [5.41, 5.74) is 0.384. The number of alkyl halides is 3. The fourth-order valence-electron chi connectivity index (χ4n) is 3.47. The normalized spacial score (nSPS) is 16.0. The number of aryl methyl sites for hydroxylation is 1. The number of rotatable bonds is 2. The monoisotopic (exact) mass is 365 g/mol. The molecule has 2 aromatic carbocycles. The molecule has 0 radical (unpaired) electrons. The summed E-state index contributed by atoms with van der Waals surface area (Å²) in [6, 6.07) is 10.0. The molecule has 0 spiro atoms. The van der Waals surface area contributed by atoms with Crippen LogP contribution in [0.1, 0.15) is 45.8 Å². The maximum absolute atomic E-state index is 14.0. The van der Waals surface area contributed by atoms with Crippen molar-refractivity contribution in [2.24, 2.45) is 0 Å². The van der Waals surface area contributed by atoms with Gasteiger partial charge in [0, 0.05) is 13.1 Å². The minimum atomic E-state index is -4.39. The Morgan fingerprint density at radius 3 is 2.35 bits per heavy atom. The second-order valence-electron chi connectivity index (χ2n) is 6.63. The first-order valence-electron chi connectivity index (χ1n) is 8.49. The van der Waals surface area contributed by atoms with Crippen molar-refractivity contribution in [1.29, 1.82) is 0 Å². The van der Waals surface area contributed by atoms with Crippen molar-refractivity contribution >= 4 is 5.91 Å². The van der Waals surface area contributed by atoms with Gasteiger partial charge in [-0.2, -0.15) is 13.2 Å². The molecular weight excluding hydrogens is 346 g/mol. The van der Waals surface area contributed by atoms with Gasteiger partial charge in [0.1, 0.15) is 5.82 Å². The van der Waals surface area contributed by atoms with Crippen LogP contribution in [-0.2, 0) is 6.18 Å². The first-order chi connectivity index (χ1) is 12.3. The molecule has 3 rings (SSSR count). The van der Waals surface area contributed by atoms with E-state index in [1.165, 1.54) is 29.2 Å². The third-order valence-electron chi connectivity index (χ3n) is 4.84. The molecule has 0 aliphatic carbocycles. The van der Waals surface area contributed by atoms with Gasteiger partial charge in [-0.3, -0.25) is 4.79 Å². The van der Waals surface area contributed by atoms with Crippen LogP contribution in [0.2, 0.25) is 0 Å². The Morgan fingerprint density at radius 1 is 1.08 bits per heavy atom. The van der Waals surface area contributed by atoms with E-state index >= 15 is 0 Å². The quantitative estimate of drug-likeness (QED) is 0.672. The predicted molar refractivity (Wildman–Crippen MR) is 90.5 cm³/mol. The minimum absolute atomic E-state index is 0.00439. The van der Waals surface area contributed by atoms with Crippen molar-refractivity contribution in [3.63, 3.8) is 0 Å². The van der Waals surface area contributed by atoms with Crippen molar-refractivity contribution in [1.82, 2.24) is 4.90 Å². The molecule has 1 aliphatic heterocycles. The molecule has 138 valence electrons. The van der Waals surface area contributed by atoms with Gasteiger partial charge in [0.15, 0.2) is 0 Å². The van der Waals surface area contributed by atoms with Crippen LogP contribution in [0.4, 0.5) is 17.6 Å². The van der Waals surface area contributed by atoms with E-state index in [9.17, 15) is 22.4 Å². The lowest BCUT2D eigenvalue weighted by Crippen LogP contribution is -2.38. The van der Waals surface area contributed by atoms with E-state index in [2.05, 4.69) is 0 Å². The van der Waals surface area contributed by atoms with Crippen LogP contribution in [-0.4, -0.2) is 23.9 Å². The second kappa shape index (κ2) is 7.09. The summed E-state index contributed by atoms with van der Waals surface area (Å²) in [5.74, 6) is -1.25. The molecule has 1 amide bonds. The summed E-state index contributed by atoms with van der Waals surface area (Å²) < 4.78 is 53.6. The van der Waals surface area contributed by atoms with E-state index in [4.69, 9.17) is 0 Å². The molecule has 1 saturated heterocycles. The molecule has 0 aromatic heterocycles. The summed E-state index contributed by atoms with van der Waals surface area (Å²) in [7, 11) is 0. The zero-order valence-corrected chi connectivity index (χ0v) is 14.3. The number of hydrogen-bond acceptors (Lipinski definition) is 1. The summed E-state index contributed by atoms with van der Waals surface area (Å²) in [4.78, 5) is 14.0. The molecule has 6 heteroatoms. The summed E-state index contributed by atoms with van der Waals surface area (Å²) >= 11 is 0. The minimum Gasteiger partial charge on any atom is -0.339 e. The van der Waals surface area contributed by atoms with E-state index in [0.29, 0.717) is 25.9 Å². The molecule has 0 atom stereocenters. The van der Waals surface area contributed by atoms with E-state index in [-0.39, 0.29) is 17.0 Å². The van der Waals surface area contributed by atoms with Gasteiger partial charge in [0.05, 0.1) is 11.1 Å². The fourth-order valence-corrected chi connectivity index (χ4v) is 3.47. The third-order valence-corrected chi connectivity index (χ3v) is 4.84. The van der Waals surface area contributed by atoms with Gasteiger partial charge >= 0.3 is 6.18 Å². The lowest BCUT2D eigenvalue weighted by molar-refractivity contribution is -0.138. The second-order valence-corrected chi connectivity index (χ2v) is 6.63. The van der Waals surface area contributed by atoms with Crippen LogP contribution in [0.15, 0.2) is 42.5 Å². The zero-order valence-electron chi connectivity index (χ0n) is 14.3. The van der Waals surface area contributed by atoms with Gasteiger partial charge in [-0.05, 0) is 55.0 Å². The molecule has 2 aromatic rings. The number of hydrogen-bond donors (Lipinski definition) is 0. The standard InChI is InChI=1S/C20H19F4NO/c1-13-6-7-16(18(21)12-13)19(26)25-10-8-14(9-11-25)15-4-2-3-5-17(15)20(22,23)24/h2-7,12,14H,8-11H2,1H3. The molecule has 1 heterocycles. The van der Waals surface area contributed by atoms with Crippen LogP contribution in [0, 0.1) is 12.7 Å². The van der Waals surface area contributed by atoms with Crippen LogP contribution in [0.3, 0.4) is 0 Å². The first kappa shape index (κ1) is 18.4. The van der Waals surface area contributed by atoms with Crippen LogP contribution < -0.4 is 0 Å². The van der Waals surface area contributed by atoms with E-state index < -0.39 is 23.5 Å². The smallest absolute Gasteiger partial charge is 0.339 e. The SMILES string of the molecule is Cc1ccc(C(=O)N2CCC(c3ccccc3C(F)(F)F)CC2)c(F)c1. The number of nitrogens with zero attached hydrogens (tertiary/aromatic N) is 1. The number of carbonyl (C=O) groups is 1. The maximum atomic E-state index is 14.0. The average molecular weight is 365 g/mol. The van der Waals surface area contributed by atoms with Crippen LogP contribution >= 0.6 is 0 Å². The highest BCUT2D eigenvalue weighted by atomic mass is 19.4. The molecule has 26 heavy (non-hydrogen) atoms. The Morgan fingerprint density at radius 2 is 1.73 bits per heavy atom. The molecular formula is C20H19F4NO.